The van der Waals surface area contributed by atoms with Crippen molar-refractivity contribution in [2.24, 2.45) is 5.92 Å². The normalized spacial score (nSPS) is 24.4. The Labute approximate surface area is 222 Å². The van der Waals surface area contributed by atoms with Gasteiger partial charge in [-0.15, -0.1) is 0 Å². The molecule has 6 heterocycles. The van der Waals surface area contributed by atoms with Crippen LogP contribution in [0.25, 0.3) is 16.9 Å². The summed E-state index contributed by atoms with van der Waals surface area (Å²) in [6.45, 7) is 0. The van der Waals surface area contributed by atoms with E-state index in [2.05, 4.69) is 0 Å². The standard InChI is InChI=1S/C30H24F2N4O3/c31-20-12-11-19-24(25(20)32)22-6-3-14-33(22)21-5-2-1-4-18(21)26(19)36-29-16-7-9-17(10-8-16)35(29)30(39)27-28(38)23(37)13-15-34(27)36/h1-6,11-17,26,29,38H,7-10H2/t16?,17?,26-,29?/m1/s1. The molecular weight excluding hydrogens is 502 g/mol. The van der Waals surface area contributed by atoms with Gasteiger partial charge < -0.3 is 14.6 Å². The minimum atomic E-state index is -0.944. The number of nitrogens with zero attached hydrogens (tertiary/aromatic N) is 4. The van der Waals surface area contributed by atoms with Gasteiger partial charge in [-0.3, -0.25) is 19.3 Å². The van der Waals surface area contributed by atoms with Gasteiger partial charge in [-0.05, 0) is 61.4 Å². The second kappa shape index (κ2) is 7.81. The fourth-order valence-electron chi connectivity index (χ4n) is 7.43. The number of fused-ring (bicyclic) bond motifs is 8. The van der Waals surface area contributed by atoms with Gasteiger partial charge >= 0.3 is 0 Å². The smallest absolute Gasteiger partial charge is 0.278 e. The number of aromatic nitrogens is 2. The summed E-state index contributed by atoms with van der Waals surface area (Å²) in [6.07, 6.45) is 6.50. The number of benzene rings is 2. The van der Waals surface area contributed by atoms with Crippen LogP contribution in [0.3, 0.4) is 0 Å². The van der Waals surface area contributed by atoms with Gasteiger partial charge in [-0.1, -0.05) is 24.3 Å². The number of halogens is 2. The van der Waals surface area contributed by atoms with E-state index in [4.69, 9.17) is 0 Å². The summed E-state index contributed by atoms with van der Waals surface area (Å²) in [5, 5.41) is 12.9. The molecule has 2 atom stereocenters. The van der Waals surface area contributed by atoms with Gasteiger partial charge in [0, 0.05) is 35.6 Å². The molecule has 2 bridgehead atoms. The molecule has 3 fully saturated rings. The number of pyridine rings is 1. The van der Waals surface area contributed by atoms with E-state index in [9.17, 15) is 19.1 Å². The summed E-state index contributed by atoms with van der Waals surface area (Å²) in [4.78, 5) is 28.3. The number of hydrogen-bond acceptors (Lipinski definition) is 4. The van der Waals surface area contributed by atoms with Gasteiger partial charge in [0.25, 0.3) is 5.91 Å². The molecular formula is C30H24F2N4O3. The molecule has 2 aromatic heterocycles. The Hall–Kier alpha value is -4.40. The first-order valence-corrected chi connectivity index (χ1v) is 13.3. The van der Waals surface area contributed by atoms with Crippen LogP contribution in [0, 0.1) is 17.6 Å². The zero-order chi connectivity index (χ0) is 26.6. The first kappa shape index (κ1) is 22.6. The van der Waals surface area contributed by atoms with Gasteiger partial charge in [0.2, 0.25) is 5.43 Å². The van der Waals surface area contributed by atoms with Gasteiger partial charge in [-0.25, -0.2) is 8.78 Å². The van der Waals surface area contributed by atoms with Crippen LogP contribution in [0.2, 0.25) is 0 Å². The summed E-state index contributed by atoms with van der Waals surface area (Å²) >= 11 is 0. The summed E-state index contributed by atoms with van der Waals surface area (Å²) in [6, 6.07) is 14.6. The Morgan fingerprint density at radius 1 is 0.846 bits per heavy atom. The molecule has 5 aliphatic rings. The molecule has 2 saturated heterocycles. The number of para-hydroxylation sites is 1. The van der Waals surface area contributed by atoms with Crippen LogP contribution in [-0.2, 0) is 0 Å². The Balaban J connectivity index is 1.49. The number of carbonyl (C=O) groups is 1. The lowest BCUT2D eigenvalue weighted by Gasteiger charge is -2.59. The maximum atomic E-state index is 15.8. The molecule has 39 heavy (non-hydrogen) atoms. The van der Waals surface area contributed by atoms with E-state index in [1.807, 2.05) is 44.9 Å². The van der Waals surface area contributed by atoms with Crippen LogP contribution in [-0.4, -0.2) is 37.4 Å². The zero-order valence-electron chi connectivity index (χ0n) is 20.8. The number of hydrogen-bond donors (Lipinski definition) is 1. The fourth-order valence-corrected chi connectivity index (χ4v) is 7.43. The minimum absolute atomic E-state index is 0.0299. The van der Waals surface area contributed by atoms with E-state index < -0.39 is 35.0 Å². The number of piperidine rings is 2. The van der Waals surface area contributed by atoms with Crippen molar-refractivity contribution in [3.8, 4) is 22.7 Å². The molecule has 9 heteroatoms. The van der Waals surface area contributed by atoms with E-state index in [-0.39, 0.29) is 29.1 Å². The molecule has 1 unspecified atom stereocenters. The van der Waals surface area contributed by atoms with Crippen molar-refractivity contribution in [3.63, 3.8) is 0 Å². The van der Waals surface area contributed by atoms with Crippen LogP contribution < -0.4 is 10.4 Å². The third-order valence-electron chi connectivity index (χ3n) is 9.03. The van der Waals surface area contributed by atoms with E-state index in [1.165, 1.54) is 12.3 Å². The molecule has 1 amide bonds. The largest absolute Gasteiger partial charge is 0.502 e. The molecule has 9 rings (SSSR count). The molecule has 7 nitrogen and oxygen atoms in total. The highest BCUT2D eigenvalue weighted by atomic mass is 19.2. The number of carbonyl (C=O) groups excluding carboxylic acids is 1. The van der Waals surface area contributed by atoms with Crippen molar-refractivity contribution < 1.29 is 18.7 Å². The Bertz CT molecular complexity index is 1750. The van der Waals surface area contributed by atoms with E-state index in [0.717, 1.165) is 43.0 Å². The lowest BCUT2D eigenvalue weighted by Crippen LogP contribution is -2.70. The van der Waals surface area contributed by atoms with Crippen LogP contribution in [0.4, 0.5) is 8.78 Å². The molecule has 1 aliphatic carbocycles. The average Bonchev–Trinajstić information content (AvgIpc) is 3.40. The van der Waals surface area contributed by atoms with Crippen molar-refractivity contribution >= 4 is 5.91 Å². The second-order valence-electron chi connectivity index (χ2n) is 10.8. The maximum absolute atomic E-state index is 15.8. The fraction of sp³-hybridized carbons (Fsp3) is 0.267. The van der Waals surface area contributed by atoms with Crippen LogP contribution in [0.15, 0.2) is 71.8 Å². The summed E-state index contributed by atoms with van der Waals surface area (Å²) in [5.41, 5.74) is 2.11. The Morgan fingerprint density at radius 2 is 1.64 bits per heavy atom. The monoisotopic (exact) mass is 526 g/mol. The summed E-state index contributed by atoms with van der Waals surface area (Å²) in [5.74, 6) is -2.73. The predicted molar refractivity (Wildman–Crippen MR) is 139 cm³/mol. The molecule has 196 valence electrons. The van der Waals surface area contributed by atoms with E-state index in [1.54, 1.807) is 22.9 Å². The summed E-state index contributed by atoms with van der Waals surface area (Å²) in [7, 11) is 0. The lowest BCUT2D eigenvalue weighted by molar-refractivity contribution is -0.0247. The lowest BCUT2D eigenvalue weighted by atomic mass is 9.76. The quantitative estimate of drug-likeness (QED) is 0.391. The average molecular weight is 527 g/mol. The SMILES string of the molecule is O=C1c2c(O)c(=O)ccn2N([C@@H]2c3ccccc3-n3cccc3-c3c2ccc(F)c3F)C2C3CCC(CC3)N12. The van der Waals surface area contributed by atoms with Crippen molar-refractivity contribution in [2.45, 2.75) is 43.9 Å². The van der Waals surface area contributed by atoms with Gasteiger partial charge in [0.1, 0.15) is 12.2 Å². The molecule has 1 saturated carbocycles. The molecule has 0 spiro atoms. The van der Waals surface area contributed by atoms with Gasteiger partial charge in [0.05, 0.1) is 11.4 Å². The third kappa shape index (κ3) is 2.84. The first-order valence-electron chi connectivity index (χ1n) is 13.3. The second-order valence-corrected chi connectivity index (χ2v) is 10.8. The molecule has 4 aromatic rings. The van der Waals surface area contributed by atoms with Crippen molar-refractivity contribution in [1.29, 1.82) is 0 Å². The van der Waals surface area contributed by atoms with Crippen LogP contribution >= 0.6 is 0 Å². The Kier molecular flexibility index (Phi) is 4.52. The van der Waals surface area contributed by atoms with Crippen molar-refractivity contribution in [1.82, 2.24) is 14.1 Å². The maximum Gasteiger partial charge on any atom is 0.278 e. The number of aromatic hydroxyl groups is 1. The molecule has 4 aliphatic heterocycles. The molecule has 1 N–H and O–H groups in total. The minimum Gasteiger partial charge on any atom is -0.502 e. The Morgan fingerprint density at radius 3 is 2.46 bits per heavy atom. The van der Waals surface area contributed by atoms with Gasteiger partial charge in [0.15, 0.2) is 23.1 Å². The number of rotatable bonds is 1. The number of amides is 1. The van der Waals surface area contributed by atoms with Crippen molar-refractivity contribution in [3.05, 3.63) is 106 Å². The molecule has 0 radical (unpaired) electrons. The highest BCUT2D eigenvalue weighted by molar-refractivity contribution is 5.97. The topological polar surface area (TPSA) is 70.7 Å². The highest BCUT2D eigenvalue weighted by Gasteiger charge is 2.54. The first-order chi connectivity index (χ1) is 19.0. The zero-order valence-corrected chi connectivity index (χ0v) is 20.8. The highest BCUT2D eigenvalue weighted by Crippen LogP contribution is 2.50. The van der Waals surface area contributed by atoms with E-state index >= 15 is 4.39 Å². The van der Waals surface area contributed by atoms with Crippen molar-refractivity contribution in [2.75, 3.05) is 5.01 Å². The van der Waals surface area contributed by atoms with Gasteiger partial charge in [-0.2, -0.15) is 0 Å². The van der Waals surface area contributed by atoms with E-state index in [0.29, 0.717) is 11.3 Å². The predicted octanol–water partition coefficient (Wildman–Crippen LogP) is 4.69. The third-order valence-corrected chi connectivity index (χ3v) is 9.03. The molecule has 2 aromatic carbocycles. The summed E-state index contributed by atoms with van der Waals surface area (Å²) < 4.78 is 34.0. The van der Waals surface area contributed by atoms with Crippen LogP contribution in [0.1, 0.15) is 53.3 Å². The van der Waals surface area contributed by atoms with Crippen LogP contribution in [0.5, 0.6) is 5.75 Å².